The zero-order chi connectivity index (χ0) is 17.5. The molecule has 23 heavy (non-hydrogen) atoms. The van der Waals surface area contributed by atoms with Crippen LogP contribution in [0.25, 0.3) is 11.3 Å². The van der Waals surface area contributed by atoms with E-state index in [1.165, 1.54) is 0 Å². The van der Waals surface area contributed by atoms with Crippen LogP contribution in [0.2, 0.25) is 5.02 Å². The summed E-state index contributed by atoms with van der Waals surface area (Å²) < 4.78 is 65.1. The first-order valence-corrected chi connectivity index (χ1v) is 6.16. The molecule has 1 aromatic carbocycles. The van der Waals surface area contributed by atoms with Gasteiger partial charge in [-0.2, -0.15) is 13.2 Å². The van der Waals surface area contributed by atoms with Crippen LogP contribution in [0.4, 0.5) is 27.6 Å². The fourth-order valence-corrected chi connectivity index (χ4v) is 1.99. The molecule has 0 saturated heterocycles. The number of carboxylic acid groups (broad SMARTS) is 1. The maximum Gasteiger partial charge on any atom is 0.419 e. The van der Waals surface area contributed by atoms with Gasteiger partial charge in [0.05, 0.1) is 16.3 Å². The average Bonchev–Trinajstić information content (AvgIpc) is 2.43. The Morgan fingerprint density at radius 2 is 1.87 bits per heavy atom. The molecular formula is C13H6ClF5N2O2. The Morgan fingerprint density at radius 1 is 1.26 bits per heavy atom. The van der Waals surface area contributed by atoms with E-state index in [2.05, 4.69) is 4.98 Å². The lowest BCUT2D eigenvalue weighted by molar-refractivity contribution is -0.139. The van der Waals surface area contributed by atoms with E-state index in [9.17, 15) is 26.7 Å². The van der Waals surface area contributed by atoms with Crippen molar-refractivity contribution in [2.24, 2.45) is 0 Å². The van der Waals surface area contributed by atoms with Gasteiger partial charge in [-0.05, 0) is 12.1 Å². The predicted molar refractivity (Wildman–Crippen MR) is 71.0 cm³/mol. The van der Waals surface area contributed by atoms with E-state index in [0.29, 0.717) is 12.1 Å². The Kier molecular flexibility index (Phi) is 4.16. The van der Waals surface area contributed by atoms with Gasteiger partial charge in [0.25, 0.3) is 0 Å². The molecule has 0 fully saturated rings. The molecule has 4 nitrogen and oxygen atoms in total. The van der Waals surface area contributed by atoms with Crippen molar-refractivity contribution in [3.63, 3.8) is 0 Å². The molecule has 2 rings (SSSR count). The molecule has 0 aliphatic carbocycles. The Bertz CT molecular complexity index is 808. The zero-order valence-electron chi connectivity index (χ0n) is 10.9. The van der Waals surface area contributed by atoms with E-state index < -0.39 is 57.0 Å². The topological polar surface area (TPSA) is 76.2 Å². The van der Waals surface area contributed by atoms with Crippen molar-refractivity contribution in [2.45, 2.75) is 6.18 Å². The number of carbonyl (C=O) groups is 1. The second kappa shape index (κ2) is 5.65. The third-order valence-electron chi connectivity index (χ3n) is 2.86. The van der Waals surface area contributed by atoms with E-state index in [1.807, 2.05) is 0 Å². The molecule has 0 saturated carbocycles. The van der Waals surface area contributed by atoms with Gasteiger partial charge in [-0.1, -0.05) is 17.7 Å². The minimum atomic E-state index is -4.93. The number of hydrogen-bond acceptors (Lipinski definition) is 3. The standard InChI is InChI=1S/C13H6ClF5N2O2/c14-7-9(20)8(16)10(21-11(7)12(22)23)4-1-2-5(6(15)3-4)13(17,18)19/h1-3H,(H2,20,21)(H,22,23). The minimum Gasteiger partial charge on any atom is -0.476 e. The second-order valence-electron chi connectivity index (χ2n) is 4.35. The van der Waals surface area contributed by atoms with Crippen LogP contribution in [-0.2, 0) is 6.18 Å². The van der Waals surface area contributed by atoms with Crippen LogP contribution in [0.3, 0.4) is 0 Å². The molecule has 2 aromatic rings. The summed E-state index contributed by atoms with van der Waals surface area (Å²) in [5, 5.41) is 8.25. The summed E-state index contributed by atoms with van der Waals surface area (Å²) in [4.78, 5) is 14.4. The number of pyridine rings is 1. The molecular weight excluding hydrogens is 347 g/mol. The monoisotopic (exact) mass is 352 g/mol. The molecule has 0 aliphatic heterocycles. The number of carboxylic acids is 1. The number of anilines is 1. The number of nitrogens with two attached hydrogens (primary N) is 1. The van der Waals surface area contributed by atoms with Crippen LogP contribution in [0.1, 0.15) is 16.1 Å². The summed E-state index contributed by atoms with van der Waals surface area (Å²) in [6.07, 6.45) is -4.93. The molecule has 3 N–H and O–H groups in total. The average molecular weight is 353 g/mol. The zero-order valence-corrected chi connectivity index (χ0v) is 11.6. The van der Waals surface area contributed by atoms with Gasteiger partial charge < -0.3 is 10.8 Å². The summed E-state index contributed by atoms with van der Waals surface area (Å²) in [5.74, 6) is -4.56. The molecule has 1 heterocycles. The van der Waals surface area contributed by atoms with Crippen molar-refractivity contribution in [3.8, 4) is 11.3 Å². The number of hydrogen-bond donors (Lipinski definition) is 2. The van der Waals surface area contributed by atoms with Crippen molar-refractivity contribution in [2.75, 3.05) is 5.73 Å². The molecule has 0 bridgehead atoms. The fourth-order valence-electron chi connectivity index (χ4n) is 1.79. The van der Waals surface area contributed by atoms with Gasteiger partial charge in [0.1, 0.15) is 11.5 Å². The summed E-state index contributed by atoms with van der Waals surface area (Å²) in [5.41, 5.74) is 1.06. The third-order valence-corrected chi connectivity index (χ3v) is 3.25. The first-order valence-electron chi connectivity index (χ1n) is 5.79. The predicted octanol–water partition coefficient (Wildman–Crippen LogP) is 3.98. The van der Waals surface area contributed by atoms with Gasteiger partial charge in [-0.3, -0.25) is 0 Å². The fraction of sp³-hybridized carbons (Fsp3) is 0.0769. The number of halogens is 6. The Hall–Kier alpha value is -2.42. The van der Waals surface area contributed by atoms with E-state index in [0.717, 1.165) is 6.07 Å². The SMILES string of the molecule is Nc1c(F)c(-c2ccc(C(F)(F)F)c(F)c2)nc(C(=O)O)c1Cl. The largest absolute Gasteiger partial charge is 0.476 e. The number of nitrogens with zero attached hydrogens (tertiary/aromatic N) is 1. The smallest absolute Gasteiger partial charge is 0.419 e. The Labute approximate surface area is 130 Å². The second-order valence-corrected chi connectivity index (χ2v) is 4.73. The highest BCUT2D eigenvalue weighted by Crippen LogP contribution is 2.36. The lowest BCUT2D eigenvalue weighted by Gasteiger charge is -2.12. The Morgan fingerprint density at radius 3 is 2.35 bits per heavy atom. The van der Waals surface area contributed by atoms with Crippen molar-refractivity contribution in [1.29, 1.82) is 0 Å². The van der Waals surface area contributed by atoms with Crippen LogP contribution >= 0.6 is 11.6 Å². The maximum atomic E-state index is 14.0. The van der Waals surface area contributed by atoms with Gasteiger partial charge >= 0.3 is 12.1 Å². The number of benzene rings is 1. The first-order chi connectivity index (χ1) is 10.5. The summed E-state index contributed by atoms with van der Waals surface area (Å²) >= 11 is 5.54. The van der Waals surface area contributed by atoms with Crippen LogP contribution in [0.15, 0.2) is 18.2 Å². The molecule has 1 aromatic heterocycles. The molecule has 10 heteroatoms. The van der Waals surface area contributed by atoms with E-state index in [1.54, 1.807) is 0 Å². The lowest BCUT2D eigenvalue weighted by atomic mass is 10.1. The normalized spacial score (nSPS) is 11.6. The highest BCUT2D eigenvalue weighted by atomic mass is 35.5. The Balaban J connectivity index is 2.68. The molecule has 0 aliphatic rings. The molecule has 0 radical (unpaired) electrons. The third kappa shape index (κ3) is 3.04. The van der Waals surface area contributed by atoms with Crippen LogP contribution < -0.4 is 5.73 Å². The van der Waals surface area contributed by atoms with Gasteiger partial charge in [0.15, 0.2) is 11.5 Å². The molecule has 122 valence electrons. The van der Waals surface area contributed by atoms with E-state index >= 15 is 0 Å². The molecule has 0 amide bonds. The van der Waals surface area contributed by atoms with Crippen molar-refractivity contribution in [3.05, 3.63) is 46.1 Å². The van der Waals surface area contributed by atoms with Gasteiger partial charge in [-0.15, -0.1) is 0 Å². The number of aromatic carboxylic acids is 1. The molecule has 0 atom stereocenters. The van der Waals surface area contributed by atoms with Crippen molar-refractivity contribution < 1.29 is 31.9 Å². The summed E-state index contributed by atoms with van der Waals surface area (Å²) in [6.45, 7) is 0. The van der Waals surface area contributed by atoms with E-state index in [-0.39, 0.29) is 0 Å². The summed E-state index contributed by atoms with van der Waals surface area (Å²) in [7, 11) is 0. The van der Waals surface area contributed by atoms with Gasteiger partial charge in [-0.25, -0.2) is 18.6 Å². The number of aromatic nitrogens is 1. The van der Waals surface area contributed by atoms with Crippen LogP contribution in [0, 0.1) is 11.6 Å². The van der Waals surface area contributed by atoms with Gasteiger partial charge in [0.2, 0.25) is 0 Å². The van der Waals surface area contributed by atoms with Gasteiger partial charge in [0, 0.05) is 5.56 Å². The maximum absolute atomic E-state index is 14.0. The minimum absolute atomic E-state index is 0.382. The highest BCUT2D eigenvalue weighted by Gasteiger charge is 2.34. The molecule has 0 unspecified atom stereocenters. The van der Waals surface area contributed by atoms with Crippen molar-refractivity contribution in [1.82, 2.24) is 4.98 Å². The quantitative estimate of drug-likeness (QED) is 0.802. The highest BCUT2D eigenvalue weighted by molar-refractivity contribution is 6.35. The molecule has 0 spiro atoms. The van der Waals surface area contributed by atoms with E-state index in [4.69, 9.17) is 22.4 Å². The number of nitrogen functional groups attached to an aromatic ring is 1. The number of rotatable bonds is 2. The van der Waals surface area contributed by atoms with Crippen molar-refractivity contribution >= 4 is 23.3 Å². The van der Waals surface area contributed by atoms with Crippen LogP contribution in [0.5, 0.6) is 0 Å². The summed E-state index contributed by atoms with van der Waals surface area (Å²) in [6, 6.07) is 1.51. The first kappa shape index (κ1) is 16.9. The number of alkyl halides is 3. The lowest BCUT2D eigenvalue weighted by Crippen LogP contribution is -2.10. The van der Waals surface area contributed by atoms with Crippen LogP contribution in [-0.4, -0.2) is 16.1 Å².